The van der Waals surface area contributed by atoms with Crippen molar-refractivity contribution < 1.29 is 18.7 Å². The lowest BCUT2D eigenvalue weighted by Crippen LogP contribution is -2.38. The molecule has 1 aliphatic rings. The van der Waals surface area contributed by atoms with Crippen molar-refractivity contribution in [2.45, 2.75) is 32.0 Å². The number of methoxy groups -OCH3 is 1. The third-order valence-corrected chi connectivity index (χ3v) is 8.09. The van der Waals surface area contributed by atoms with Crippen LogP contribution in [-0.4, -0.2) is 59.0 Å². The van der Waals surface area contributed by atoms with Gasteiger partial charge in [-0.1, -0.05) is 23.5 Å². The van der Waals surface area contributed by atoms with Crippen LogP contribution in [0.15, 0.2) is 71.5 Å². The number of thiazole rings is 1. The summed E-state index contributed by atoms with van der Waals surface area (Å²) in [7, 11) is 3.57. The minimum atomic E-state index is -0.302. The highest BCUT2D eigenvalue weighted by molar-refractivity contribution is 7.20. The largest absolute Gasteiger partial charge is 0.465 e. The van der Waals surface area contributed by atoms with Crippen molar-refractivity contribution in [3.8, 4) is 10.9 Å². The van der Waals surface area contributed by atoms with E-state index in [1.165, 1.54) is 36.9 Å². The van der Waals surface area contributed by atoms with Crippen LogP contribution in [0.3, 0.4) is 0 Å². The quantitative estimate of drug-likeness (QED) is 0.206. The Labute approximate surface area is 230 Å². The summed E-state index contributed by atoms with van der Waals surface area (Å²) in [6.45, 7) is 3.73. The van der Waals surface area contributed by atoms with Gasteiger partial charge in [-0.15, -0.1) is 0 Å². The van der Waals surface area contributed by atoms with Crippen LogP contribution in [0.2, 0.25) is 0 Å². The fraction of sp³-hybridized carbons (Fsp3) is 0.300. The number of fused-ring (bicyclic) bond motifs is 2. The van der Waals surface area contributed by atoms with Crippen LogP contribution in [0.4, 0.5) is 0 Å². The molecular formula is C30H30N4O4S. The Morgan fingerprint density at radius 1 is 1.21 bits per heavy atom. The van der Waals surface area contributed by atoms with Gasteiger partial charge in [-0.05, 0) is 68.4 Å². The molecule has 1 unspecified atom stereocenters. The van der Waals surface area contributed by atoms with Crippen LogP contribution in [0.1, 0.15) is 34.3 Å². The van der Waals surface area contributed by atoms with Crippen LogP contribution in [0.5, 0.6) is 10.9 Å². The summed E-state index contributed by atoms with van der Waals surface area (Å²) in [5.41, 5.74) is 4.44. The molecule has 0 N–H and O–H groups in total. The molecule has 0 aliphatic carbocycles. The maximum Gasteiger partial charge on any atom is 0.337 e. The van der Waals surface area contributed by atoms with Gasteiger partial charge in [0.2, 0.25) is 0 Å². The predicted octanol–water partition coefficient (Wildman–Crippen LogP) is 6.11. The lowest BCUT2D eigenvalue weighted by molar-refractivity contribution is 0.0600. The number of esters is 1. The zero-order valence-corrected chi connectivity index (χ0v) is 22.8. The first-order chi connectivity index (χ1) is 19.1. The van der Waals surface area contributed by atoms with Crippen molar-refractivity contribution in [3.05, 3.63) is 83.7 Å². The molecule has 3 aromatic heterocycles. The van der Waals surface area contributed by atoms with Gasteiger partial charge < -0.3 is 18.8 Å². The number of likely N-dealkylation sites (tertiary alicyclic amines) is 1. The molecule has 0 bridgehead atoms. The summed E-state index contributed by atoms with van der Waals surface area (Å²) in [5, 5.41) is 1.66. The number of carbonyl (C=O) groups is 1. The summed E-state index contributed by atoms with van der Waals surface area (Å²) in [5.74, 6) is 0.389. The van der Waals surface area contributed by atoms with E-state index in [0.29, 0.717) is 28.2 Å². The van der Waals surface area contributed by atoms with E-state index < -0.39 is 0 Å². The first-order valence-corrected chi connectivity index (χ1v) is 13.9. The van der Waals surface area contributed by atoms with Crippen LogP contribution in [0.25, 0.3) is 21.3 Å². The molecule has 0 amide bonds. The van der Waals surface area contributed by atoms with E-state index in [9.17, 15) is 4.79 Å². The third kappa shape index (κ3) is 5.66. The van der Waals surface area contributed by atoms with Crippen molar-refractivity contribution >= 4 is 38.6 Å². The van der Waals surface area contributed by atoms with Gasteiger partial charge >= 0.3 is 5.97 Å². The average Bonchev–Trinajstić information content (AvgIpc) is 3.67. The van der Waals surface area contributed by atoms with Crippen molar-refractivity contribution in [1.82, 2.24) is 19.8 Å². The van der Waals surface area contributed by atoms with Gasteiger partial charge in [0, 0.05) is 48.9 Å². The fourth-order valence-corrected chi connectivity index (χ4v) is 6.06. The number of ether oxygens (including phenoxy) is 2. The van der Waals surface area contributed by atoms with Crippen molar-refractivity contribution in [2.24, 2.45) is 0 Å². The molecule has 39 heavy (non-hydrogen) atoms. The molecule has 200 valence electrons. The van der Waals surface area contributed by atoms with Gasteiger partial charge in [0.05, 0.1) is 23.6 Å². The Balaban J connectivity index is 1.07. The maximum atomic E-state index is 11.7. The van der Waals surface area contributed by atoms with Gasteiger partial charge in [0.25, 0.3) is 5.19 Å². The van der Waals surface area contributed by atoms with E-state index in [1.54, 1.807) is 6.20 Å². The molecule has 1 aliphatic heterocycles. The van der Waals surface area contributed by atoms with E-state index >= 15 is 0 Å². The second kappa shape index (κ2) is 11.1. The second-order valence-electron chi connectivity index (χ2n) is 9.98. The third-order valence-electron chi connectivity index (χ3n) is 7.20. The van der Waals surface area contributed by atoms with Crippen LogP contribution in [0, 0.1) is 0 Å². The monoisotopic (exact) mass is 542 g/mol. The number of pyridine rings is 1. The van der Waals surface area contributed by atoms with Crippen LogP contribution in [-0.2, 0) is 17.8 Å². The second-order valence-corrected chi connectivity index (χ2v) is 11.0. The number of hydrogen-bond acceptors (Lipinski definition) is 9. The lowest BCUT2D eigenvalue weighted by Gasteiger charge is -2.28. The minimum Gasteiger partial charge on any atom is -0.465 e. The molecule has 0 saturated carbocycles. The molecule has 0 radical (unpaired) electrons. The molecule has 0 spiro atoms. The maximum absolute atomic E-state index is 11.7. The smallest absolute Gasteiger partial charge is 0.337 e. The number of likely N-dealkylation sites (N-methyl/N-ethyl adjacent to an activating group) is 1. The molecule has 1 atom stereocenters. The molecule has 5 aromatic rings. The summed E-state index contributed by atoms with van der Waals surface area (Å²) >= 11 is 1.47. The molecular weight excluding hydrogens is 512 g/mol. The molecule has 1 saturated heterocycles. The van der Waals surface area contributed by atoms with Crippen molar-refractivity contribution in [2.75, 3.05) is 27.2 Å². The fourth-order valence-electron chi connectivity index (χ4n) is 5.27. The normalized spacial score (nSPS) is 15.9. The summed E-state index contributed by atoms with van der Waals surface area (Å²) in [6, 6.07) is 18.0. The molecule has 8 nitrogen and oxygen atoms in total. The Morgan fingerprint density at radius 3 is 2.90 bits per heavy atom. The van der Waals surface area contributed by atoms with Crippen LogP contribution >= 0.6 is 11.3 Å². The van der Waals surface area contributed by atoms with Crippen LogP contribution < -0.4 is 4.74 Å². The predicted molar refractivity (Wildman–Crippen MR) is 151 cm³/mol. The molecule has 2 aromatic carbocycles. The van der Waals surface area contributed by atoms with Crippen molar-refractivity contribution in [1.29, 1.82) is 0 Å². The van der Waals surface area contributed by atoms with E-state index in [1.807, 2.05) is 54.8 Å². The van der Waals surface area contributed by atoms with Gasteiger partial charge in [-0.25, -0.2) is 9.78 Å². The Kier molecular flexibility index (Phi) is 7.28. The zero-order chi connectivity index (χ0) is 26.8. The molecule has 6 rings (SSSR count). The van der Waals surface area contributed by atoms with Gasteiger partial charge in [-0.2, -0.15) is 4.98 Å². The SMILES string of the molecule is COC(=O)c1ccc(CN2CCCC2CN(C)Cc2coc3cc(Oc4nc5ncccc5s4)ccc23)cc1. The number of aromatic nitrogens is 2. The van der Waals surface area contributed by atoms with E-state index in [2.05, 4.69) is 32.9 Å². The Bertz CT molecular complexity index is 1560. The highest BCUT2D eigenvalue weighted by Gasteiger charge is 2.26. The van der Waals surface area contributed by atoms with E-state index in [-0.39, 0.29) is 5.97 Å². The van der Waals surface area contributed by atoms with Crippen molar-refractivity contribution in [3.63, 3.8) is 0 Å². The standard InChI is InChI=1S/C30H30N4O4S/c1-33(18-23-5-4-14-34(23)16-20-7-9-21(10-8-20)29(35)36-2)17-22-19-37-26-15-24(11-12-25(22)26)38-30-32-28-27(39-30)6-3-13-31-28/h3,6-13,15,19,23H,4-5,14,16-18H2,1-2H3. The number of benzene rings is 2. The number of hydrogen-bond donors (Lipinski definition) is 0. The first kappa shape index (κ1) is 25.5. The van der Waals surface area contributed by atoms with Gasteiger partial charge in [-0.3, -0.25) is 4.90 Å². The molecule has 4 heterocycles. The number of rotatable bonds is 9. The Morgan fingerprint density at radius 2 is 2.08 bits per heavy atom. The molecule has 1 fully saturated rings. The average molecular weight is 543 g/mol. The Hall–Kier alpha value is -3.79. The minimum absolute atomic E-state index is 0.302. The van der Waals surface area contributed by atoms with Gasteiger partial charge in [0.1, 0.15) is 11.3 Å². The summed E-state index contributed by atoms with van der Waals surface area (Å²) < 4.78 is 17.7. The summed E-state index contributed by atoms with van der Waals surface area (Å²) in [4.78, 5) is 25.4. The number of nitrogens with zero attached hydrogens (tertiary/aromatic N) is 4. The zero-order valence-electron chi connectivity index (χ0n) is 22.0. The molecule has 9 heteroatoms. The first-order valence-electron chi connectivity index (χ1n) is 13.0. The van der Waals surface area contributed by atoms with E-state index in [0.717, 1.165) is 47.4 Å². The topological polar surface area (TPSA) is 80.9 Å². The lowest BCUT2D eigenvalue weighted by atomic mass is 10.1. The highest BCUT2D eigenvalue weighted by atomic mass is 32.1. The van der Waals surface area contributed by atoms with Gasteiger partial charge in [0.15, 0.2) is 5.65 Å². The number of carbonyl (C=O) groups excluding carboxylic acids is 1. The van der Waals surface area contributed by atoms with E-state index in [4.69, 9.17) is 13.9 Å². The number of furan rings is 1. The highest BCUT2D eigenvalue weighted by Crippen LogP contribution is 2.33. The summed E-state index contributed by atoms with van der Waals surface area (Å²) in [6.07, 6.45) is 5.96.